The summed E-state index contributed by atoms with van der Waals surface area (Å²) in [5.41, 5.74) is 0. The zero-order valence-electron chi connectivity index (χ0n) is 8.08. The van der Waals surface area contributed by atoms with Crippen LogP contribution in [0.2, 0.25) is 0 Å². The van der Waals surface area contributed by atoms with E-state index in [4.69, 9.17) is 0 Å². The van der Waals surface area contributed by atoms with E-state index in [1.807, 2.05) is 0 Å². The molecule has 0 aromatic carbocycles. The second-order valence-corrected chi connectivity index (χ2v) is 4.76. The van der Waals surface area contributed by atoms with Crippen LogP contribution in [0.3, 0.4) is 0 Å². The zero-order valence-corrected chi connectivity index (χ0v) is 8.90. The minimum Gasteiger partial charge on any atom is -0.360 e. The lowest BCUT2D eigenvalue weighted by atomic mass is 10.2. The van der Waals surface area contributed by atoms with Gasteiger partial charge in [0.25, 0.3) is 0 Å². The van der Waals surface area contributed by atoms with Gasteiger partial charge >= 0.3 is 0 Å². The number of nitrogens with one attached hydrogen (secondary N) is 1. The molecule has 1 fully saturated rings. The summed E-state index contributed by atoms with van der Waals surface area (Å²) in [5.74, 6) is 2.38. The largest absolute Gasteiger partial charge is 0.360 e. The molecule has 0 amide bonds. The molecule has 0 atom stereocenters. The first-order valence-corrected chi connectivity index (χ1v) is 5.60. The number of rotatable bonds is 4. The fourth-order valence-corrected chi connectivity index (χ4v) is 1.76. The molecule has 1 N–H and O–H groups in total. The summed E-state index contributed by atoms with van der Waals surface area (Å²) in [6.07, 6.45) is 2.56. The molecule has 1 saturated carbocycles. The number of anilines is 1. The molecule has 1 aromatic rings. The van der Waals surface area contributed by atoms with Crippen molar-refractivity contribution in [1.29, 1.82) is 0 Å². The Kier molecular flexibility index (Phi) is 2.49. The van der Waals surface area contributed by atoms with Gasteiger partial charge in [-0.3, -0.25) is 0 Å². The molecular formula is C9H15N3S. The van der Waals surface area contributed by atoms with Gasteiger partial charge in [-0.25, -0.2) is 4.98 Å². The third-order valence-corrected chi connectivity index (χ3v) is 2.73. The molecule has 4 heteroatoms. The van der Waals surface area contributed by atoms with Gasteiger partial charge in [-0.1, -0.05) is 13.8 Å². The standard InChI is InChI=1S/C9H15N3S/c1-6(2)5-10-9-11-8(12-13-9)7-3-4-7/h6-7H,3-5H2,1-2H3,(H,10,11,12). The van der Waals surface area contributed by atoms with Crippen molar-refractivity contribution in [3.63, 3.8) is 0 Å². The molecule has 13 heavy (non-hydrogen) atoms. The highest BCUT2D eigenvalue weighted by atomic mass is 32.1. The Morgan fingerprint density at radius 1 is 1.54 bits per heavy atom. The summed E-state index contributed by atoms with van der Waals surface area (Å²) in [6, 6.07) is 0. The second-order valence-electron chi connectivity index (χ2n) is 4.01. The van der Waals surface area contributed by atoms with Crippen molar-refractivity contribution in [3.8, 4) is 0 Å². The Balaban J connectivity index is 1.89. The zero-order chi connectivity index (χ0) is 9.26. The van der Waals surface area contributed by atoms with E-state index in [2.05, 4.69) is 28.5 Å². The molecule has 72 valence electrons. The molecule has 0 saturated heterocycles. The van der Waals surface area contributed by atoms with Crippen LogP contribution in [0.5, 0.6) is 0 Å². The third kappa shape index (κ3) is 2.40. The Morgan fingerprint density at radius 2 is 2.31 bits per heavy atom. The van der Waals surface area contributed by atoms with Gasteiger partial charge in [0.2, 0.25) is 5.13 Å². The van der Waals surface area contributed by atoms with Crippen LogP contribution in [0.25, 0.3) is 0 Å². The molecule has 1 aliphatic rings. The fraction of sp³-hybridized carbons (Fsp3) is 0.778. The highest BCUT2D eigenvalue weighted by molar-refractivity contribution is 7.09. The minimum absolute atomic E-state index is 0.660. The van der Waals surface area contributed by atoms with Crippen molar-refractivity contribution in [1.82, 2.24) is 9.36 Å². The molecule has 0 unspecified atom stereocenters. The SMILES string of the molecule is CC(C)CNc1nc(C2CC2)ns1. The molecule has 0 spiro atoms. The molecule has 1 aliphatic carbocycles. The van der Waals surface area contributed by atoms with Crippen molar-refractivity contribution in [2.75, 3.05) is 11.9 Å². The van der Waals surface area contributed by atoms with Gasteiger partial charge < -0.3 is 5.32 Å². The Morgan fingerprint density at radius 3 is 2.92 bits per heavy atom. The molecule has 0 aliphatic heterocycles. The second kappa shape index (κ2) is 3.62. The van der Waals surface area contributed by atoms with Gasteiger partial charge in [0, 0.05) is 24.0 Å². The van der Waals surface area contributed by atoms with Gasteiger partial charge in [-0.05, 0) is 18.8 Å². The van der Waals surface area contributed by atoms with Crippen molar-refractivity contribution >= 4 is 16.7 Å². The first-order chi connectivity index (χ1) is 6.25. The van der Waals surface area contributed by atoms with Crippen LogP contribution < -0.4 is 5.32 Å². The monoisotopic (exact) mass is 197 g/mol. The summed E-state index contributed by atoms with van der Waals surface area (Å²) in [5, 5.41) is 4.27. The van der Waals surface area contributed by atoms with Crippen molar-refractivity contribution < 1.29 is 0 Å². The van der Waals surface area contributed by atoms with E-state index in [9.17, 15) is 0 Å². The molecule has 1 aromatic heterocycles. The Bertz CT molecular complexity index is 278. The minimum atomic E-state index is 0.660. The number of hydrogen-bond acceptors (Lipinski definition) is 4. The highest BCUT2D eigenvalue weighted by Crippen LogP contribution is 2.39. The fourth-order valence-electron chi connectivity index (χ4n) is 1.11. The normalized spacial score (nSPS) is 16.5. The van der Waals surface area contributed by atoms with E-state index >= 15 is 0 Å². The molecule has 1 heterocycles. The summed E-state index contributed by atoms with van der Waals surface area (Å²) < 4.78 is 4.32. The van der Waals surface area contributed by atoms with Crippen LogP contribution in [-0.2, 0) is 0 Å². The third-order valence-electron chi connectivity index (χ3n) is 2.05. The van der Waals surface area contributed by atoms with Crippen LogP contribution in [0.15, 0.2) is 0 Å². The van der Waals surface area contributed by atoms with E-state index in [0.717, 1.165) is 17.5 Å². The van der Waals surface area contributed by atoms with Crippen molar-refractivity contribution in [3.05, 3.63) is 5.82 Å². The smallest absolute Gasteiger partial charge is 0.202 e. The summed E-state index contributed by atoms with van der Waals surface area (Å²) in [6.45, 7) is 5.37. The Hall–Kier alpha value is -0.640. The van der Waals surface area contributed by atoms with Crippen LogP contribution >= 0.6 is 11.5 Å². The van der Waals surface area contributed by atoms with Crippen LogP contribution in [0.1, 0.15) is 38.4 Å². The van der Waals surface area contributed by atoms with E-state index < -0.39 is 0 Å². The number of aromatic nitrogens is 2. The molecule has 3 nitrogen and oxygen atoms in total. The van der Waals surface area contributed by atoms with Crippen LogP contribution in [-0.4, -0.2) is 15.9 Å². The summed E-state index contributed by atoms with van der Waals surface area (Å²) in [7, 11) is 0. The molecule has 0 radical (unpaired) electrons. The average Bonchev–Trinajstić information content (AvgIpc) is 2.83. The molecular weight excluding hydrogens is 182 g/mol. The van der Waals surface area contributed by atoms with E-state index in [0.29, 0.717) is 11.8 Å². The Labute approximate surface area is 82.8 Å². The van der Waals surface area contributed by atoms with Gasteiger partial charge in [-0.2, -0.15) is 4.37 Å². The predicted octanol–water partition coefficient (Wildman–Crippen LogP) is 2.48. The van der Waals surface area contributed by atoms with Crippen molar-refractivity contribution in [2.24, 2.45) is 5.92 Å². The molecule has 0 bridgehead atoms. The van der Waals surface area contributed by atoms with Gasteiger partial charge in [-0.15, -0.1) is 0 Å². The first-order valence-electron chi connectivity index (χ1n) is 4.83. The van der Waals surface area contributed by atoms with Crippen LogP contribution in [0.4, 0.5) is 5.13 Å². The van der Waals surface area contributed by atoms with Gasteiger partial charge in [0.1, 0.15) is 5.82 Å². The average molecular weight is 197 g/mol. The van der Waals surface area contributed by atoms with E-state index in [1.165, 1.54) is 24.4 Å². The maximum absolute atomic E-state index is 4.44. The van der Waals surface area contributed by atoms with E-state index in [1.54, 1.807) is 0 Å². The lowest BCUT2D eigenvalue weighted by molar-refractivity contribution is 0.688. The lowest BCUT2D eigenvalue weighted by Gasteiger charge is -2.03. The first kappa shape index (κ1) is 8.94. The van der Waals surface area contributed by atoms with Gasteiger partial charge in [0.05, 0.1) is 0 Å². The number of nitrogens with zero attached hydrogens (tertiary/aromatic N) is 2. The topological polar surface area (TPSA) is 37.8 Å². The lowest BCUT2D eigenvalue weighted by Crippen LogP contribution is -2.07. The molecule has 2 rings (SSSR count). The summed E-state index contributed by atoms with van der Waals surface area (Å²) in [4.78, 5) is 4.44. The van der Waals surface area contributed by atoms with Gasteiger partial charge in [0.15, 0.2) is 0 Å². The quantitative estimate of drug-likeness (QED) is 0.805. The maximum Gasteiger partial charge on any atom is 0.202 e. The van der Waals surface area contributed by atoms with Crippen LogP contribution in [0, 0.1) is 5.92 Å². The number of hydrogen-bond donors (Lipinski definition) is 1. The summed E-state index contributed by atoms with van der Waals surface area (Å²) >= 11 is 1.49. The van der Waals surface area contributed by atoms with E-state index in [-0.39, 0.29) is 0 Å². The predicted molar refractivity (Wildman–Crippen MR) is 55.2 cm³/mol. The maximum atomic E-state index is 4.44. The highest BCUT2D eigenvalue weighted by Gasteiger charge is 2.27. The van der Waals surface area contributed by atoms with Crippen molar-refractivity contribution in [2.45, 2.75) is 32.6 Å².